The van der Waals surface area contributed by atoms with Gasteiger partial charge in [0.1, 0.15) is 6.04 Å². The number of thioether (sulfide) groups is 1. The number of carbonyl (C=O) groups is 3. The molecule has 7 nitrogen and oxygen atoms in total. The van der Waals surface area contributed by atoms with Gasteiger partial charge in [0.2, 0.25) is 11.8 Å². The molecule has 180 valence electrons. The second-order valence-corrected chi connectivity index (χ2v) is 11.8. The summed E-state index contributed by atoms with van der Waals surface area (Å²) in [5.74, 6) is -1.71. The summed E-state index contributed by atoms with van der Waals surface area (Å²) in [4.78, 5) is 46.7. The van der Waals surface area contributed by atoms with Gasteiger partial charge in [0, 0.05) is 37.1 Å². The summed E-state index contributed by atoms with van der Waals surface area (Å²) in [6.07, 6.45) is 8.02. The second kappa shape index (κ2) is 7.99. The van der Waals surface area contributed by atoms with Crippen LogP contribution in [0.5, 0.6) is 0 Å². The van der Waals surface area contributed by atoms with Crippen molar-refractivity contribution in [3.05, 3.63) is 53.6 Å². The number of hydrogen-bond acceptors (Lipinski definition) is 5. The van der Waals surface area contributed by atoms with Gasteiger partial charge in [0.25, 0.3) is 5.91 Å². The highest BCUT2D eigenvalue weighted by molar-refractivity contribution is 8.02. The first-order chi connectivity index (χ1) is 16.2. The Balaban J connectivity index is 1.68. The third kappa shape index (κ3) is 3.04. The van der Waals surface area contributed by atoms with Gasteiger partial charge in [-0.3, -0.25) is 14.4 Å². The minimum atomic E-state index is -0.883. The van der Waals surface area contributed by atoms with E-state index in [1.807, 2.05) is 63.3 Å². The van der Waals surface area contributed by atoms with Gasteiger partial charge in [-0.15, -0.1) is 11.8 Å². The molecule has 0 bridgehead atoms. The number of β-amino-alcohol motifs (C(OH)–C–C–N with tert-alkyl or cyclic N) is 1. The molecule has 0 radical (unpaired) electrons. The lowest BCUT2D eigenvalue weighted by molar-refractivity contribution is -0.143. The van der Waals surface area contributed by atoms with Crippen molar-refractivity contribution in [2.45, 2.75) is 36.3 Å². The number of fused-ring (bicyclic) bond motifs is 2. The fraction of sp³-hybridized carbons (Fsp3) is 0.500. The monoisotopic (exact) mass is 481 g/mol. The average molecular weight is 482 g/mol. The van der Waals surface area contributed by atoms with Crippen molar-refractivity contribution in [1.82, 2.24) is 9.80 Å². The molecule has 5 rings (SSSR count). The van der Waals surface area contributed by atoms with Crippen LogP contribution in [0, 0.1) is 25.7 Å². The van der Waals surface area contributed by atoms with Gasteiger partial charge in [0.05, 0.1) is 23.2 Å². The molecule has 34 heavy (non-hydrogen) atoms. The SMILES string of the molecule is Cc1cccc(C)c1N1CC=C[C@]23S[C@]4(C)C=CCN(C)C(=O)[C@@H]4[C@H]2C(=O)N(CCO)C3C1=O. The number of likely N-dealkylation sites (tertiary alicyclic amines) is 1. The van der Waals surface area contributed by atoms with E-state index in [1.54, 1.807) is 28.6 Å². The number of hydrogen-bond donors (Lipinski definition) is 1. The predicted molar refractivity (Wildman–Crippen MR) is 132 cm³/mol. The molecule has 5 atom stereocenters. The molecule has 4 heterocycles. The van der Waals surface area contributed by atoms with Gasteiger partial charge < -0.3 is 19.8 Å². The van der Waals surface area contributed by atoms with Crippen LogP contribution in [0.2, 0.25) is 0 Å². The number of para-hydroxylation sites is 1. The number of rotatable bonds is 3. The van der Waals surface area contributed by atoms with E-state index >= 15 is 0 Å². The quantitative estimate of drug-likeness (QED) is 0.667. The van der Waals surface area contributed by atoms with Crippen LogP contribution in [0.3, 0.4) is 0 Å². The molecule has 8 heteroatoms. The number of carbonyl (C=O) groups excluding carboxylic acids is 3. The van der Waals surface area contributed by atoms with E-state index in [9.17, 15) is 19.5 Å². The Morgan fingerprint density at radius 3 is 2.35 bits per heavy atom. The van der Waals surface area contributed by atoms with Crippen LogP contribution in [0.1, 0.15) is 18.1 Å². The second-order valence-electron chi connectivity index (χ2n) is 9.97. The number of aryl methyl sites for hydroxylation is 2. The van der Waals surface area contributed by atoms with E-state index in [0.717, 1.165) is 16.8 Å². The Morgan fingerprint density at radius 1 is 1.00 bits per heavy atom. The smallest absolute Gasteiger partial charge is 0.251 e. The highest BCUT2D eigenvalue weighted by Crippen LogP contribution is 2.65. The van der Waals surface area contributed by atoms with Gasteiger partial charge in [-0.05, 0) is 31.9 Å². The fourth-order valence-electron chi connectivity index (χ4n) is 6.42. The van der Waals surface area contributed by atoms with E-state index in [1.165, 1.54) is 4.90 Å². The van der Waals surface area contributed by atoms with E-state index < -0.39 is 27.4 Å². The normalized spacial score (nSPS) is 34.8. The highest BCUT2D eigenvalue weighted by atomic mass is 32.2. The molecule has 1 aromatic carbocycles. The lowest BCUT2D eigenvalue weighted by Crippen LogP contribution is -2.54. The highest BCUT2D eigenvalue weighted by Gasteiger charge is 2.73. The Hall–Kier alpha value is -2.58. The van der Waals surface area contributed by atoms with Crippen molar-refractivity contribution in [1.29, 1.82) is 0 Å². The average Bonchev–Trinajstić information content (AvgIpc) is 3.05. The van der Waals surface area contributed by atoms with Crippen molar-refractivity contribution in [3.63, 3.8) is 0 Å². The summed E-state index contributed by atoms with van der Waals surface area (Å²) in [6, 6.07) is 5.14. The third-order valence-electron chi connectivity index (χ3n) is 7.81. The number of aliphatic hydroxyl groups is 1. The lowest BCUT2D eigenvalue weighted by Gasteiger charge is -2.37. The van der Waals surface area contributed by atoms with Crippen LogP contribution in [0.25, 0.3) is 0 Å². The first-order valence-electron chi connectivity index (χ1n) is 11.8. The Morgan fingerprint density at radius 2 is 1.68 bits per heavy atom. The minimum Gasteiger partial charge on any atom is -0.395 e. The number of amides is 3. The summed E-state index contributed by atoms with van der Waals surface area (Å²) >= 11 is 1.56. The molecule has 1 N–H and O–H groups in total. The van der Waals surface area contributed by atoms with Gasteiger partial charge in [0.15, 0.2) is 0 Å². The lowest BCUT2D eigenvalue weighted by atomic mass is 9.74. The van der Waals surface area contributed by atoms with Crippen LogP contribution in [0.15, 0.2) is 42.5 Å². The van der Waals surface area contributed by atoms with Crippen molar-refractivity contribution >= 4 is 35.2 Å². The molecule has 4 aliphatic rings. The van der Waals surface area contributed by atoms with Gasteiger partial charge >= 0.3 is 0 Å². The minimum absolute atomic E-state index is 0.0613. The zero-order valence-electron chi connectivity index (χ0n) is 20.0. The molecule has 1 unspecified atom stereocenters. The molecule has 1 aromatic rings. The molecular formula is C26H31N3O4S. The topological polar surface area (TPSA) is 81.2 Å². The van der Waals surface area contributed by atoms with Gasteiger partial charge in [-0.2, -0.15) is 0 Å². The molecule has 0 aliphatic carbocycles. The zero-order chi connectivity index (χ0) is 24.4. The predicted octanol–water partition coefficient (Wildman–Crippen LogP) is 1.91. The molecule has 2 fully saturated rings. The first-order valence-corrected chi connectivity index (χ1v) is 12.6. The van der Waals surface area contributed by atoms with Crippen LogP contribution in [-0.4, -0.2) is 81.5 Å². The van der Waals surface area contributed by atoms with Crippen LogP contribution >= 0.6 is 11.8 Å². The van der Waals surface area contributed by atoms with E-state index in [0.29, 0.717) is 13.1 Å². The Bertz CT molecular complexity index is 1110. The summed E-state index contributed by atoms with van der Waals surface area (Å²) in [6.45, 7) is 6.68. The standard InChI is InChI=1S/C26H31N3O4S/c1-16-8-5-9-17(2)20(16)28-13-7-11-26-19(23(32)29(14-15-30)21(26)24(28)33)18-22(31)27(4)12-6-10-25(18,3)34-26/h5-11,18-19,21,30H,12-15H2,1-4H3/t18-,19-,21?,25+,26-/m0/s1. The zero-order valence-corrected chi connectivity index (χ0v) is 20.8. The van der Waals surface area contributed by atoms with Crippen molar-refractivity contribution in [2.75, 3.05) is 38.2 Å². The number of aliphatic hydroxyl groups excluding tert-OH is 1. The first kappa shape index (κ1) is 23.2. The maximum absolute atomic E-state index is 14.3. The van der Waals surface area contributed by atoms with Gasteiger partial charge in [-0.25, -0.2) is 0 Å². The van der Waals surface area contributed by atoms with Gasteiger partial charge in [-0.1, -0.05) is 42.5 Å². The molecule has 2 saturated heterocycles. The summed E-state index contributed by atoms with van der Waals surface area (Å²) in [5.41, 5.74) is 2.83. The molecular weight excluding hydrogens is 450 g/mol. The maximum atomic E-state index is 14.3. The largest absolute Gasteiger partial charge is 0.395 e. The number of anilines is 1. The molecule has 0 aromatic heterocycles. The Labute approximate surface area is 204 Å². The molecule has 4 aliphatic heterocycles. The van der Waals surface area contributed by atoms with Crippen LogP contribution < -0.4 is 4.90 Å². The van der Waals surface area contributed by atoms with Crippen LogP contribution in [0.4, 0.5) is 5.69 Å². The third-order valence-corrected chi connectivity index (χ3v) is 9.61. The van der Waals surface area contributed by atoms with E-state index in [-0.39, 0.29) is 30.9 Å². The summed E-state index contributed by atoms with van der Waals surface area (Å²) < 4.78 is -1.49. The molecule has 1 spiro atoms. The molecule has 0 saturated carbocycles. The van der Waals surface area contributed by atoms with Crippen molar-refractivity contribution in [2.24, 2.45) is 11.8 Å². The fourth-order valence-corrected chi connectivity index (χ4v) is 8.58. The van der Waals surface area contributed by atoms with Crippen molar-refractivity contribution < 1.29 is 19.5 Å². The summed E-state index contributed by atoms with van der Waals surface area (Å²) in [5, 5.41) is 9.82. The maximum Gasteiger partial charge on any atom is 0.251 e. The van der Waals surface area contributed by atoms with E-state index in [4.69, 9.17) is 0 Å². The molecule has 3 amide bonds. The Kier molecular flexibility index (Phi) is 5.44. The summed E-state index contributed by atoms with van der Waals surface area (Å²) in [7, 11) is 1.76. The number of benzene rings is 1. The number of likely N-dealkylation sites (N-methyl/N-ethyl adjacent to an activating group) is 1. The number of nitrogens with zero attached hydrogens (tertiary/aromatic N) is 3. The van der Waals surface area contributed by atoms with Crippen LogP contribution in [-0.2, 0) is 14.4 Å². The van der Waals surface area contributed by atoms with E-state index in [2.05, 4.69) is 0 Å². The van der Waals surface area contributed by atoms with Crippen molar-refractivity contribution in [3.8, 4) is 0 Å².